The molecule has 0 bridgehead atoms. The minimum atomic E-state index is 0.153. The number of nitrogens with zero attached hydrogens (tertiary/aromatic N) is 4. The Morgan fingerprint density at radius 3 is 2.77 bits per heavy atom. The summed E-state index contributed by atoms with van der Waals surface area (Å²) < 4.78 is 7.07. The molecule has 6 nitrogen and oxygen atoms in total. The minimum absolute atomic E-state index is 0.153. The van der Waals surface area contributed by atoms with Crippen LogP contribution >= 0.6 is 0 Å². The van der Waals surface area contributed by atoms with Gasteiger partial charge in [-0.3, -0.25) is 4.40 Å². The van der Waals surface area contributed by atoms with E-state index in [-0.39, 0.29) is 5.75 Å². The summed E-state index contributed by atoms with van der Waals surface area (Å²) >= 11 is 0. The third kappa shape index (κ3) is 2.13. The van der Waals surface area contributed by atoms with E-state index in [0.29, 0.717) is 11.5 Å². The second kappa shape index (κ2) is 4.91. The van der Waals surface area contributed by atoms with E-state index in [2.05, 4.69) is 14.9 Å². The molecule has 2 aromatic heterocycles. The fourth-order valence-corrected chi connectivity index (χ4v) is 2.57. The number of fused-ring (bicyclic) bond motifs is 1. The van der Waals surface area contributed by atoms with Crippen molar-refractivity contribution < 1.29 is 9.84 Å². The van der Waals surface area contributed by atoms with Gasteiger partial charge in [-0.05, 0) is 24.6 Å². The molecule has 6 heteroatoms. The molecule has 22 heavy (non-hydrogen) atoms. The second-order valence-electron chi connectivity index (χ2n) is 5.38. The smallest absolute Gasteiger partial charge is 0.236 e. The molecule has 1 saturated heterocycles. The van der Waals surface area contributed by atoms with Gasteiger partial charge >= 0.3 is 0 Å². The molecule has 1 aliphatic rings. The van der Waals surface area contributed by atoms with Crippen molar-refractivity contribution >= 4 is 11.6 Å². The molecule has 0 amide bonds. The summed E-state index contributed by atoms with van der Waals surface area (Å²) in [5.74, 6) is 2.37. The maximum absolute atomic E-state index is 9.78. The van der Waals surface area contributed by atoms with Crippen molar-refractivity contribution in [3.05, 3.63) is 36.7 Å². The Hall–Kier alpha value is -2.76. The summed E-state index contributed by atoms with van der Waals surface area (Å²) in [7, 11) is 1.57. The van der Waals surface area contributed by atoms with Gasteiger partial charge in [0.2, 0.25) is 5.78 Å². The fraction of sp³-hybridized carbons (Fsp3) is 0.250. The number of hydrogen-bond acceptors (Lipinski definition) is 5. The lowest BCUT2D eigenvalue weighted by atomic mass is 10.1. The third-order valence-corrected chi connectivity index (χ3v) is 3.91. The first-order valence-corrected chi connectivity index (χ1v) is 7.22. The molecule has 0 saturated carbocycles. The third-order valence-electron chi connectivity index (χ3n) is 3.91. The van der Waals surface area contributed by atoms with Gasteiger partial charge in [-0.25, -0.2) is 4.98 Å². The number of aromatic hydroxyl groups is 1. The zero-order valence-electron chi connectivity index (χ0n) is 12.2. The van der Waals surface area contributed by atoms with Crippen molar-refractivity contribution in [2.45, 2.75) is 6.42 Å². The van der Waals surface area contributed by atoms with E-state index in [1.54, 1.807) is 19.2 Å². The molecule has 0 aliphatic carbocycles. The molecule has 0 unspecified atom stereocenters. The predicted molar refractivity (Wildman–Crippen MR) is 83.5 cm³/mol. The van der Waals surface area contributed by atoms with Gasteiger partial charge in [-0.2, -0.15) is 4.98 Å². The molecular formula is C16H16N4O2. The lowest BCUT2D eigenvalue weighted by Gasteiger charge is -2.31. The van der Waals surface area contributed by atoms with E-state index in [4.69, 9.17) is 4.74 Å². The van der Waals surface area contributed by atoms with Crippen LogP contribution in [0.2, 0.25) is 0 Å². The number of benzene rings is 1. The van der Waals surface area contributed by atoms with Crippen LogP contribution in [-0.4, -0.2) is 39.7 Å². The summed E-state index contributed by atoms with van der Waals surface area (Å²) in [5, 5.41) is 9.78. The highest BCUT2D eigenvalue weighted by molar-refractivity contribution is 5.65. The Morgan fingerprint density at radius 2 is 2.05 bits per heavy atom. The summed E-state index contributed by atoms with van der Waals surface area (Å²) in [6.45, 7) is 2.11. The highest BCUT2D eigenvalue weighted by Crippen LogP contribution is 2.29. The van der Waals surface area contributed by atoms with Crippen LogP contribution in [0.25, 0.3) is 17.0 Å². The summed E-state index contributed by atoms with van der Waals surface area (Å²) in [6.07, 6.45) is 5.08. The first-order valence-electron chi connectivity index (χ1n) is 7.22. The van der Waals surface area contributed by atoms with Gasteiger partial charge in [0.15, 0.2) is 0 Å². The summed E-state index contributed by atoms with van der Waals surface area (Å²) in [4.78, 5) is 11.4. The van der Waals surface area contributed by atoms with Crippen LogP contribution in [0.4, 0.5) is 5.82 Å². The number of ether oxygens (including phenoxy) is 1. The molecule has 3 heterocycles. The van der Waals surface area contributed by atoms with Gasteiger partial charge in [0, 0.05) is 37.1 Å². The Kier molecular flexibility index (Phi) is 2.89. The van der Waals surface area contributed by atoms with Gasteiger partial charge < -0.3 is 14.7 Å². The molecule has 112 valence electrons. The standard InChI is InChI=1S/C16H16N4O2/c1-22-13-8-11(7-12(21)9-13)14-10-20-6-3-15(18-16(20)17-14)19-4-2-5-19/h3,6-10,21H,2,4-5H2,1H3. The molecule has 1 N–H and O–H groups in total. The summed E-state index contributed by atoms with van der Waals surface area (Å²) in [6, 6.07) is 7.08. The van der Waals surface area contributed by atoms with Crippen molar-refractivity contribution in [1.82, 2.24) is 14.4 Å². The van der Waals surface area contributed by atoms with Crippen LogP contribution in [0.15, 0.2) is 36.7 Å². The first-order chi connectivity index (χ1) is 10.7. The van der Waals surface area contributed by atoms with Crippen molar-refractivity contribution in [2.75, 3.05) is 25.1 Å². The van der Waals surface area contributed by atoms with Gasteiger partial charge in [0.25, 0.3) is 0 Å². The van der Waals surface area contributed by atoms with Crippen LogP contribution < -0.4 is 9.64 Å². The van der Waals surface area contributed by atoms with Crippen molar-refractivity contribution in [2.24, 2.45) is 0 Å². The quantitative estimate of drug-likeness (QED) is 0.803. The molecule has 1 aromatic carbocycles. The SMILES string of the molecule is COc1cc(O)cc(-c2cn3ccc(N4CCC4)nc3n2)c1. The van der Waals surface area contributed by atoms with E-state index in [1.807, 2.05) is 28.9 Å². The summed E-state index contributed by atoms with van der Waals surface area (Å²) in [5.41, 5.74) is 1.55. The van der Waals surface area contributed by atoms with E-state index in [0.717, 1.165) is 30.2 Å². The number of phenols is 1. The molecule has 0 radical (unpaired) electrons. The highest BCUT2D eigenvalue weighted by Gasteiger charge is 2.16. The van der Waals surface area contributed by atoms with Crippen LogP contribution in [0.3, 0.4) is 0 Å². The number of anilines is 1. The molecule has 1 aliphatic heterocycles. The molecule has 3 aromatic rings. The monoisotopic (exact) mass is 296 g/mol. The molecule has 1 fully saturated rings. The van der Waals surface area contributed by atoms with Gasteiger partial charge in [-0.15, -0.1) is 0 Å². The molecule has 0 atom stereocenters. The number of methoxy groups -OCH3 is 1. The van der Waals surface area contributed by atoms with Gasteiger partial charge in [0.05, 0.1) is 12.8 Å². The Labute approximate surface area is 127 Å². The highest BCUT2D eigenvalue weighted by atomic mass is 16.5. The largest absolute Gasteiger partial charge is 0.508 e. The Morgan fingerprint density at radius 1 is 1.18 bits per heavy atom. The average molecular weight is 296 g/mol. The van der Waals surface area contributed by atoms with E-state index < -0.39 is 0 Å². The predicted octanol–water partition coefficient (Wildman–Crippen LogP) is 2.32. The topological polar surface area (TPSA) is 62.9 Å². The lowest BCUT2D eigenvalue weighted by molar-refractivity contribution is 0.408. The molecular weight excluding hydrogens is 280 g/mol. The van der Waals surface area contributed by atoms with Gasteiger partial charge in [-0.1, -0.05) is 0 Å². The first kappa shape index (κ1) is 12.9. The van der Waals surface area contributed by atoms with Crippen molar-refractivity contribution in [1.29, 1.82) is 0 Å². The van der Waals surface area contributed by atoms with Crippen LogP contribution in [0.1, 0.15) is 6.42 Å². The zero-order valence-corrected chi connectivity index (χ0v) is 12.2. The van der Waals surface area contributed by atoms with E-state index >= 15 is 0 Å². The Balaban J connectivity index is 1.77. The normalized spacial score (nSPS) is 14.1. The van der Waals surface area contributed by atoms with Crippen molar-refractivity contribution in [3.63, 3.8) is 0 Å². The fourth-order valence-electron chi connectivity index (χ4n) is 2.57. The number of hydrogen-bond donors (Lipinski definition) is 1. The number of aromatic nitrogens is 3. The number of imidazole rings is 1. The van der Waals surface area contributed by atoms with E-state index in [1.165, 1.54) is 6.42 Å². The molecule has 4 rings (SSSR count). The maximum atomic E-state index is 9.78. The number of rotatable bonds is 3. The van der Waals surface area contributed by atoms with Crippen LogP contribution in [-0.2, 0) is 0 Å². The number of phenolic OH excluding ortho intramolecular Hbond substituents is 1. The average Bonchev–Trinajstić information content (AvgIpc) is 2.88. The van der Waals surface area contributed by atoms with Crippen LogP contribution in [0.5, 0.6) is 11.5 Å². The maximum Gasteiger partial charge on any atom is 0.236 e. The van der Waals surface area contributed by atoms with E-state index in [9.17, 15) is 5.11 Å². The Bertz CT molecular complexity index is 839. The molecule has 0 spiro atoms. The minimum Gasteiger partial charge on any atom is -0.508 e. The second-order valence-corrected chi connectivity index (χ2v) is 5.38. The van der Waals surface area contributed by atoms with Crippen molar-refractivity contribution in [3.8, 4) is 22.8 Å². The van der Waals surface area contributed by atoms with Crippen LogP contribution in [0, 0.1) is 0 Å². The lowest BCUT2D eigenvalue weighted by Crippen LogP contribution is -2.37. The van der Waals surface area contributed by atoms with Gasteiger partial charge in [0.1, 0.15) is 17.3 Å². The zero-order chi connectivity index (χ0) is 15.1.